The molecule has 9 heteroatoms. The van der Waals surface area contributed by atoms with Gasteiger partial charge in [-0.25, -0.2) is 4.79 Å². The minimum atomic E-state index is -4.84. The Kier molecular flexibility index (Phi) is 4.16. The van der Waals surface area contributed by atoms with Gasteiger partial charge in [-0.3, -0.25) is 10.1 Å². The van der Waals surface area contributed by atoms with Gasteiger partial charge in [-0.05, 0) is 19.9 Å². The van der Waals surface area contributed by atoms with Crippen LogP contribution in [0.1, 0.15) is 19.4 Å². The van der Waals surface area contributed by atoms with Gasteiger partial charge >= 0.3 is 12.1 Å². The van der Waals surface area contributed by atoms with E-state index in [1.165, 1.54) is 20.9 Å². The second-order valence-electron chi connectivity index (χ2n) is 4.88. The zero-order chi connectivity index (χ0) is 16.6. The first kappa shape index (κ1) is 16.7. The first-order valence-corrected chi connectivity index (χ1v) is 5.72. The number of hydrogen-bond donors (Lipinski definition) is 1. The summed E-state index contributed by atoms with van der Waals surface area (Å²) in [5, 5.41) is 19.7. The molecule has 1 rings (SSSR count). The van der Waals surface area contributed by atoms with Gasteiger partial charge in [0, 0.05) is 19.2 Å². The third kappa shape index (κ3) is 3.23. The maximum atomic E-state index is 13.0. The third-order valence-electron chi connectivity index (χ3n) is 3.22. The number of non-ortho nitro benzene ring substituents is 1. The molecule has 0 aliphatic heterocycles. The van der Waals surface area contributed by atoms with E-state index in [4.69, 9.17) is 5.11 Å². The molecule has 0 aromatic heterocycles. The van der Waals surface area contributed by atoms with E-state index in [2.05, 4.69) is 0 Å². The number of hydrogen-bond acceptors (Lipinski definition) is 4. The van der Waals surface area contributed by atoms with Crippen LogP contribution in [0.15, 0.2) is 18.2 Å². The summed E-state index contributed by atoms with van der Waals surface area (Å²) in [7, 11) is 1.19. The highest BCUT2D eigenvalue weighted by molar-refractivity contribution is 5.83. The van der Waals surface area contributed by atoms with Crippen molar-refractivity contribution >= 4 is 17.3 Å². The summed E-state index contributed by atoms with van der Waals surface area (Å²) in [5.41, 5.74) is -4.03. The van der Waals surface area contributed by atoms with Gasteiger partial charge in [0.2, 0.25) is 0 Å². The van der Waals surface area contributed by atoms with Crippen LogP contribution in [0.5, 0.6) is 0 Å². The van der Waals surface area contributed by atoms with E-state index in [0.29, 0.717) is 6.07 Å². The van der Waals surface area contributed by atoms with Gasteiger partial charge in [0.25, 0.3) is 5.69 Å². The maximum Gasteiger partial charge on any atom is 0.418 e. The van der Waals surface area contributed by atoms with Crippen LogP contribution in [0.25, 0.3) is 0 Å². The molecule has 0 atom stereocenters. The summed E-state index contributed by atoms with van der Waals surface area (Å²) < 4.78 is 39.1. The Labute approximate surface area is 117 Å². The average molecular weight is 306 g/mol. The third-order valence-corrected chi connectivity index (χ3v) is 3.22. The standard InChI is InChI=1S/C12H13F3N2O4/c1-11(2,10(18)19)16(3)9-5-4-7(17(20)21)6-8(9)12(13,14)15/h4-6H,1-3H3,(H,18,19). The molecule has 6 nitrogen and oxygen atoms in total. The predicted molar refractivity (Wildman–Crippen MR) is 68.2 cm³/mol. The number of nitro groups is 1. The highest BCUT2D eigenvalue weighted by atomic mass is 19.4. The van der Waals surface area contributed by atoms with E-state index in [-0.39, 0.29) is 0 Å². The molecule has 0 spiro atoms. The van der Waals surface area contributed by atoms with Crippen LogP contribution in [-0.2, 0) is 11.0 Å². The van der Waals surface area contributed by atoms with Crippen molar-refractivity contribution in [2.45, 2.75) is 25.6 Å². The topological polar surface area (TPSA) is 83.7 Å². The second kappa shape index (κ2) is 5.23. The number of aliphatic carboxylic acids is 1. The molecule has 0 unspecified atom stereocenters. The molecule has 0 amide bonds. The lowest BCUT2D eigenvalue weighted by atomic mass is 10.0. The van der Waals surface area contributed by atoms with E-state index in [0.717, 1.165) is 17.0 Å². The number of nitrogens with zero attached hydrogens (tertiary/aromatic N) is 2. The van der Waals surface area contributed by atoms with Crippen molar-refractivity contribution in [1.82, 2.24) is 0 Å². The van der Waals surface area contributed by atoms with Gasteiger partial charge in [0.1, 0.15) is 5.54 Å². The summed E-state index contributed by atoms with van der Waals surface area (Å²) in [5.74, 6) is -1.32. The normalized spacial score (nSPS) is 12.1. The molecular formula is C12H13F3N2O4. The Bertz CT molecular complexity index is 584. The van der Waals surface area contributed by atoms with Crippen LogP contribution in [-0.4, -0.2) is 28.6 Å². The molecule has 21 heavy (non-hydrogen) atoms. The molecule has 0 aliphatic carbocycles. The monoisotopic (exact) mass is 306 g/mol. The molecular weight excluding hydrogens is 293 g/mol. The molecule has 1 aromatic rings. The van der Waals surface area contributed by atoms with Gasteiger partial charge in [-0.2, -0.15) is 13.2 Å². The largest absolute Gasteiger partial charge is 0.480 e. The Morgan fingerprint density at radius 3 is 2.24 bits per heavy atom. The van der Waals surface area contributed by atoms with Crippen molar-refractivity contribution in [3.63, 3.8) is 0 Å². The van der Waals surface area contributed by atoms with Crippen LogP contribution in [0.2, 0.25) is 0 Å². The number of halogens is 3. The lowest BCUT2D eigenvalue weighted by Gasteiger charge is -2.35. The van der Waals surface area contributed by atoms with E-state index < -0.39 is 39.5 Å². The fraction of sp³-hybridized carbons (Fsp3) is 0.417. The second-order valence-corrected chi connectivity index (χ2v) is 4.88. The Hall–Kier alpha value is -2.32. The highest BCUT2D eigenvalue weighted by Gasteiger charge is 2.40. The number of carboxylic acid groups (broad SMARTS) is 1. The van der Waals surface area contributed by atoms with Crippen molar-refractivity contribution in [2.75, 3.05) is 11.9 Å². The lowest BCUT2D eigenvalue weighted by molar-refractivity contribution is -0.385. The highest BCUT2D eigenvalue weighted by Crippen LogP contribution is 2.40. The summed E-state index contributed by atoms with van der Waals surface area (Å²) in [4.78, 5) is 21.7. The van der Waals surface area contributed by atoms with Crippen molar-refractivity contribution < 1.29 is 28.0 Å². The number of rotatable bonds is 4. The lowest BCUT2D eigenvalue weighted by Crippen LogP contribution is -2.48. The molecule has 0 saturated heterocycles. The van der Waals surface area contributed by atoms with Gasteiger partial charge in [0.05, 0.1) is 16.2 Å². The van der Waals surface area contributed by atoms with Crippen LogP contribution in [0, 0.1) is 10.1 Å². The first-order chi connectivity index (χ1) is 9.39. The van der Waals surface area contributed by atoms with Crippen LogP contribution in [0.4, 0.5) is 24.5 Å². The molecule has 0 heterocycles. The zero-order valence-electron chi connectivity index (χ0n) is 11.4. The molecule has 0 saturated carbocycles. The number of likely N-dealkylation sites (N-methyl/N-ethyl adjacent to an activating group) is 1. The first-order valence-electron chi connectivity index (χ1n) is 5.72. The molecule has 1 aromatic carbocycles. The van der Waals surface area contributed by atoms with E-state index in [1.54, 1.807) is 0 Å². The number of benzene rings is 1. The maximum absolute atomic E-state index is 13.0. The van der Waals surface area contributed by atoms with Crippen LogP contribution in [0.3, 0.4) is 0 Å². The van der Waals surface area contributed by atoms with Crippen molar-refractivity contribution in [1.29, 1.82) is 0 Å². The van der Waals surface area contributed by atoms with Crippen LogP contribution >= 0.6 is 0 Å². The molecule has 0 bridgehead atoms. The summed E-state index contributed by atoms with van der Waals surface area (Å²) in [6.07, 6.45) is -4.84. The van der Waals surface area contributed by atoms with Crippen molar-refractivity contribution in [3.05, 3.63) is 33.9 Å². The average Bonchev–Trinajstić information content (AvgIpc) is 2.35. The number of anilines is 1. The van der Waals surface area contributed by atoms with Gasteiger partial charge in [0.15, 0.2) is 0 Å². The van der Waals surface area contributed by atoms with Gasteiger partial charge in [-0.1, -0.05) is 0 Å². The molecule has 0 aliphatic rings. The SMILES string of the molecule is CN(c1ccc([N+](=O)[O-])cc1C(F)(F)F)C(C)(C)C(=O)O. The number of carboxylic acids is 1. The van der Waals surface area contributed by atoms with Crippen molar-refractivity contribution in [2.24, 2.45) is 0 Å². The van der Waals surface area contributed by atoms with Gasteiger partial charge in [-0.15, -0.1) is 0 Å². The number of alkyl halides is 3. The predicted octanol–water partition coefficient (Wildman–Crippen LogP) is 2.91. The fourth-order valence-corrected chi connectivity index (χ4v) is 1.60. The Morgan fingerprint density at radius 1 is 1.33 bits per heavy atom. The Morgan fingerprint density at radius 2 is 1.86 bits per heavy atom. The van der Waals surface area contributed by atoms with E-state index in [9.17, 15) is 28.1 Å². The Balaban J connectivity index is 3.50. The van der Waals surface area contributed by atoms with Crippen molar-refractivity contribution in [3.8, 4) is 0 Å². The molecule has 0 fully saturated rings. The van der Waals surface area contributed by atoms with Gasteiger partial charge < -0.3 is 10.0 Å². The summed E-state index contributed by atoms with van der Waals surface area (Å²) in [6, 6.07) is 2.19. The minimum Gasteiger partial charge on any atom is -0.480 e. The smallest absolute Gasteiger partial charge is 0.418 e. The summed E-state index contributed by atoms with van der Waals surface area (Å²) in [6.45, 7) is 2.47. The van der Waals surface area contributed by atoms with E-state index in [1.807, 2.05) is 0 Å². The van der Waals surface area contributed by atoms with Crippen LogP contribution < -0.4 is 4.90 Å². The summed E-state index contributed by atoms with van der Waals surface area (Å²) >= 11 is 0. The van der Waals surface area contributed by atoms with E-state index >= 15 is 0 Å². The molecule has 116 valence electrons. The zero-order valence-corrected chi connectivity index (χ0v) is 11.4. The minimum absolute atomic E-state index is 0.393. The molecule has 0 radical (unpaired) electrons. The quantitative estimate of drug-likeness (QED) is 0.683. The number of nitro benzene ring substituents is 1. The molecule has 1 N–H and O–H groups in total. The number of carbonyl (C=O) groups is 1. The fourth-order valence-electron chi connectivity index (χ4n) is 1.60.